The Bertz CT molecular complexity index is 2370. The van der Waals surface area contributed by atoms with E-state index in [9.17, 15) is 19.2 Å². The van der Waals surface area contributed by atoms with Crippen LogP contribution >= 0.6 is 11.3 Å². The summed E-state index contributed by atoms with van der Waals surface area (Å²) < 4.78 is 11.2. The maximum Gasteiger partial charge on any atom is 0.258 e. The third-order valence-corrected chi connectivity index (χ3v) is 12.5. The monoisotopic (exact) mass is 949 g/mol. The maximum absolute atomic E-state index is 12.9. The Labute approximate surface area is 406 Å². The van der Waals surface area contributed by atoms with E-state index in [0.29, 0.717) is 39.4 Å². The number of hydrogen-bond acceptors (Lipinski definition) is 10. The number of carbonyl (C=O) groups is 4. The van der Waals surface area contributed by atoms with Crippen molar-refractivity contribution >= 4 is 51.9 Å². The predicted molar refractivity (Wildman–Crippen MR) is 272 cm³/mol. The van der Waals surface area contributed by atoms with Crippen LogP contribution in [0.25, 0.3) is 27.4 Å². The van der Waals surface area contributed by atoms with Gasteiger partial charge in [0, 0.05) is 68.7 Å². The number of nitrogens with zero attached hydrogens (tertiary/aromatic N) is 3. The van der Waals surface area contributed by atoms with Crippen LogP contribution in [0.5, 0.6) is 0 Å². The molecule has 4 amide bonds. The van der Waals surface area contributed by atoms with Crippen molar-refractivity contribution in [2.75, 3.05) is 52.6 Å². The first kappa shape index (κ1) is 53.2. The van der Waals surface area contributed by atoms with Crippen molar-refractivity contribution in [1.29, 1.82) is 0 Å². The first-order valence-electron chi connectivity index (χ1n) is 23.8. The van der Waals surface area contributed by atoms with Crippen molar-refractivity contribution in [2.45, 2.75) is 98.7 Å². The minimum absolute atomic E-state index is 0.0559. The molecule has 1 fully saturated rings. The van der Waals surface area contributed by atoms with Crippen molar-refractivity contribution < 1.29 is 28.7 Å². The van der Waals surface area contributed by atoms with Crippen LogP contribution in [0.1, 0.15) is 101 Å². The van der Waals surface area contributed by atoms with Crippen LogP contribution in [0.4, 0.5) is 0 Å². The molecule has 14 nitrogen and oxygen atoms in total. The summed E-state index contributed by atoms with van der Waals surface area (Å²) in [5.74, 6) is -0.517. The van der Waals surface area contributed by atoms with Crippen molar-refractivity contribution in [3.8, 4) is 10.4 Å². The quantitative estimate of drug-likeness (QED) is 0.0233. The molecule has 1 saturated heterocycles. The van der Waals surface area contributed by atoms with Crippen LogP contribution in [0.3, 0.4) is 0 Å². The Kier molecular flexibility index (Phi) is 21.4. The largest absolute Gasteiger partial charge is 0.379 e. The van der Waals surface area contributed by atoms with Crippen LogP contribution in [-0.2, 0) is 41.6 Å². The summed E-state index contributed by atoms with van der Waals surface area (Å²) in [4.78, 5) is 61.2. The zero-order valence-electron chi connectivity index (χ0n) is 40.8. The fourth-order valence-electron chi connectivity index (χ4n) is 7.84. The van der Waals surface area contributed by atoms with E-state index in [1.165, 1.54) is 27.5 Å². The number of para-hydroxylation sites is 1. The van der Waals surface area contributed by atoms with E-state index >= 15 is 0 Å². The van der Waals surface area contributed by atoms with E-state index in [4.69, 9.17) is 15.2 Å². The number of aryl methyl sites for hydroxylation is 1. The Morgan fingerprint density at radius 1 is 0.985 bits per heavy atom. The maximum atomic E-state index is 12.9. The average Bonchev–Trinajstić information content (AvgIpc) is 4.09. The highest BCUT2D eigenvalue weighted by Gasteiger charge is 2.35. The molecule has 2 atom stereocenters. The number of carbonyl (C=O) groups excluding carboxylic acids is 4. The number of nitrogens with one attached hydrogen (secondary N) is 4. The number of benzene rings is 3. The van der Waals surface area contributed by atoms with Crippen LogP contribution in [0, 0.1) is 12.3 Å². The molecule has 366 valence electrons. The van der Waals surface area contributed by atoms with E-state index in [1.807, 2.05) is 44.5 Å². The summed E-state index contributed by atoms with van der Waals surface area (Å²) >= 11 is 1.63. The van der Waals surface area contributed by atoms with Gasteiger partial charge in [-0.3, -0.25) is 29.5 Å². The molecule has 0 radical (unpaired) electrons. The van der Waals surface area contributed by atoms with Crippen molar-refractivity contribution in [3.05, 3.63) is 119 Å². The summed E-state index contributed by atoms with van der Waals surface area (Å²) in [6, 6.07) is 24.4. The van der Waals surface area contributed by atoms with E-state index < -0.39 is 0 Å². The predicted octanol–water partition coefficient (Wildman–Crippen LogP) is 7.89. The highest BCUT2D eigenvalue weighted by molar-refractivity contribution is 7.13. The van der Waals surface area contributed by atoms with Crippen molar-refractivity contribution in [2.24, 2.45) is 11.1 Å². The van der Waals surface area contributed by atoms with Gasteiger partial charge in [0.1, 0.15) is 6.04 Å². The Hall–Kier alpha value is -5.71. The highest BCUT2D eigenvalue weighted by atomic mass is 32.1. The molecular formula is C53H72N8O6S. The molecule has 2 aromatic heterocycles. The molecule has 68 heavy (non-hydrogen) atoms. The number of likely N-dealkylation sites (tertiary alicyclic amines) is 1. The first-order valence-corrected chi connectivity index (χ1v) is 24.7. The molecule has 5 aromatic rings. The molecule has 6 N–H and O–H groups in total. The normalized spacial score (nSPS) is 14.3. The number of amides is 4. The minimum Gasteiger partial charge on any atom is -0.379 e. The number of H-pyrrole nitrogens is 1. The average molecular weight is 949 g/mol. The molecule has 3 aromatic carbocycles. The van der Waals surface area contributed by atoms with Crippen molar-refractivity contribution in [3.63, 3.8) is 0 Å². The molecule has 0 saturated carbocycles. The van der Waals surface area contributed by atoms with Crippen molar-refractivity contribution in [1.82, 2.24) is 35.9 Å². The number of thiazole rings is 1. The molecule has 1 aliphatic heterocycles. The highest BCUT2D eigenvalue weighted by Crippen LogP contribution is 2.29. The number of fused-ring (bicyclic) bond motifs is 1. The van der Waals surface area contributed by atoms with E-state index in [2.05, 4.69) is 113 Å². The number of nitrogens with two attached hydrogens (primary N) is 1. The zero-order valence-corrected chi connectivity index (χ0v) is 41.6. The van der Waals surface area contributed by atoms with Crippen LogP contribution in [0.2, 0.25) is 0 Å². The summed E-state index contributed by atoms with van der Waals surface area (Å²) in [7, 11) is 0. The lowest BCUT2D eigenvalue weighted by atomic mass is 9.91. The number of ether oxygens (including phenoxy) is 2. The number of primary amides is 1. The summed E-state index contributed by atoms with van der Waals surface area (Å²) in [5.41, 5.74) is 20.3. The summed E-state index contributed by atoms with van der Waals surface area (Å²) in [5, 5.41) is 4.37. The second kappa shape index (κ2) is 27.3. The smallest absolute Gasteiger partial charge is 0.258 e. The summed E-state index contributed by atoms with van der Waals surface area (Å²) in [6.07, 6.45) is 9.60. The van der Waals surface area contributed by atoms with Gasteiger partial charge in [-0.2, -0.15) is 0 Å². The SMILES string of the molecule is CCCNNC(=O)/C=C/c1ccc(CN(CCOCCOCCC(N)=O)CCc2c[nH]c3ccccc23)cc1.Cc1ncsc1-c1ccc(C(C)NC(=O)C2CCCN2C(=O)CC(C)(C)C)cc1. The lowest BCUT2D eigenvalue weighted by molar-refractivity contribution is -0.140. The minimum atomic E-state index is -0.365. The van der Waals surface area contributed by atoms with Gasteiger partial charge in [-0.1, -0.05) is 94.4 Å². The molecular weight excluding hydrogens is 877 g/mol. The molecule has 0 spiro atoms. The van der Waals surface area contributed by atoms with Gasteiger partial charge in [-0.05, 0) is 84.9 Å². The number of rotatable bonds is 24. The number of hydrogen-bond donors (Lipinski definition) is 5. The van der Waals surface area contributed by atoms with E-state index in [-0.39, 0.29) is 47.5 Å². The third kappa shape index (κ3) is 17.7. The summed E-state index contributed by atoms with van der Waals surface area (Å²) in [6.45, 7) is 17.8. The Morgan fingerprint density at radius 2 is 1.72 bits per heavy atom. The molecule has 6 rings (SSSR count). The van der Waals surface area contributed by atoms with Gasteiger partial charge >= 0.3 is 0 Å². The lowest BCUT2D eigenvalue weighted by Gasteiger charge is -2.28. The number of hydrazine groups is 1. The van der Waals surface area contributed by atoms with Crippen LogP contribution in [-0.4, -0.2) is 102 Å². The molecule has 0 bridgehead atoms. The zero-order chi connectivity index (χ0) is 48.9. The molecule has 0 aliphatic carbocycles. The van der Waals surface area contributed by atoms with Crippen LogP contribution < -0.4 is 21.9 Å². The van der Waals surface area contributed by atoms with Gasteiger partial charge in [-0.25, -0.2) is 10.4 Å². The van der Waals surface area contributed by atoms with E-state index in [1.54, 1.807) is 22.3 Å². The van der Waals surface area contributed by atoms with Gasteiger partial charge in [-0.15, -0.1) is 11.3 Å². The fraction of sp³-hybridized carbons (Fsp3) is 0.453. The Morgan fingerprint density at radius 3 is 2.41 bits per heavy atom. The van der Waals surface area contributed by atoms with Gasteiger partial charge < -0.3 is 30.4 Å². The lowest BCUT2D eigenvalue weighted by Crippen LogP contribution is -2.47. The topological polar surface area (TPSA) is 184 Å². The van der Waals surface area contributed by atoms with Crippen LogP contribution in [0.15, 0.2) is 90.6 Å². The fourth-order valence-corrected chi connectivity index (χ4v) is 8.66. The number of aromatic nitrogens is 2. The van der Waals surface area contributed by atoms with E-state index in [0.717, 1.165) is 79.8 Å². The Balaban J connectivity index is 0.000000265. The number of aromatic amines is 1. The molecule has 2 unspecified atom stereocenters. The van der Waals surface area contributed by atoms with Gasteiger partial charge in [0.05, 0.1) is 48.6 Å². The van der Waals surface area contributed by atoms with Gasteiger partial charge in [0.25, 0.3) is 5.91 Å². The molecule has 15 heteroatoms. The second-order valence-corrected chi connectivity index (χ2v) is 19.3. The third-order valence-electron chi connectivity index (χ3n) is 11.5. The molecule has 1 aliphatic rings. The van der Waals surface area contributed by atoms with Gasteiger partial charge in [0.15, 0.2) is 0 Å². The second-order valence-electron chi connectivity index (χ2n) is 18.4. The standard InChI is InChI=1S/C30H41N5O4.C23H31N3O2S/c1-2-15-33-34-30(37)12-11-24-7-9-25(10-8-24)23-35(17-19-39-21-20-38-18-14-29(31)36)16-13-26-22-32-28-6-4-3-5-27(26)28;1-15(17-8-10-18(11-9-17)21-16(2)24-14-29-21)25-22(28)19-7-6-12-26(19)20(27)13-23(3,4)5/h3-12,22,32-33H,2,13-21,23H2,1H3,(H2,31,36)(H,34,37);8-11,14-15,19H,6-7,12-13H2,1-5H3,(H,25,28)/b12-11+;. The molecule has 3 heterocycles. The first-order chi connectivity index (χ1) is 32.7. The van der Waals surface area contributed by atoms with Gasteiger partial charge in [0.2, 0.25) is 17.7 Å².